The third kappa shape index (κ3) is 4.21. The van der Waals surface area contributed by atoms with Gasteiger partial charge < -0.3 is 10.6 Å². The Balaban J connectivity index is 2.01. The third-order valence-electron chi connectivity index (χ3n) is 2.61. The molecule has 2 aromatic rings. The first-order valence-corrected chi connectivity index (χ1v) is 6.50. The molecule has 0 bridgehead atoms. The molecule has 5 heteroatoms. The molecular formula is C14H19N5. The third-order valence-corrected chi connectivity index (χ3v) is 2.61. The molecule has 0 aliphatic rings. The van der Waals surface area contributed by atoms with Gasteiger partial charge in [0.25, 0.3) is 0 Å². The quantitative estimate of drug-likeness (QED) is 0.833. The van der Waals surface area contributed by atoms with Gasteiger partial charge in [-0.3, -0.25) is 4.98 Å². The van der Waals surface area contributed by atoms with Crippen LogP contribution in [0.4, 0.5) is 11.8 Å². The van der Waals surface area contributed by atoms with Crippen molar-refractivity contribution in [2.24, 2.45) is 0 Å². The van der Waals surface area contributed by atoms with E-state index in [-0.39, 0.29) is 0 Å². The van der Waals surface area contributed by atoms with E-state index in [1.54, 1.807) is 12.4 Å². The van der Waals surface area contributed by atoms with Gasteiger partial charge in [-0.1, -0.05) is 6.92 Å². The molecule has 0 aliphatic heterocycles. The van der Waals surface area contributed by atoms with Crippen LogP contribution in [0, 0.1) is 6.92 Å². The number of aryl methyl sites for hydroxylation is 1. The Morgan fingerprint density at radius 2 is 1.89 bits per heavy atom. The molecule has 0 aliphatic carbocycles. The molecule has 2 heterocycles. The largest absolute Gasteiger partial charge is 0.370 e. The fourth-order valence-corrected chi connectivity index (χ4v) is 1.67. The number of nitrogens with zero attached hydrogens (tertiary/aromatic N) is 3. The van der Waals surface area contributed by atoms with Crippen molar-refractivity contribution in [1.82, 2.24) is 15.0 Å². The number of aromatic nitrogens is 3. The fraction of sp³-hybridized carbons (Fsp3) is 0.357. The smallest absolute Gasteiger partial charge is 0.225 e. The topological polar surface area (TPSA) is 62.7 Å². The van der Waals surface area contributed by atoms with Crippen LogP contribution in [0.3, 0.4) is 0 Å². The summed E-state index contributed by atoms with van der Waals surface area (Å²) >= 11 is 0. The van der Waals surface area contributed by atoms with Crippen molar-refractivity contribution in [1.29, 1.82) is 0 Å². The van der Waals surface area contributed by atoms with Crippen molar-refractivity contribution in [3.05, 3.63) is 41.9 Å². The highest BCUT2D eigenvalue weighted by atomic mass is 15.1. The summed E-state index contributed by atoms with van der Waals surface area (Å²) in [6.45, 7) is 5.71. The number of hydrogen-bond acceptors (Lipinski definition) is 5. The van der Waals surface area contributed by atoms with Crippen molar-refractivity contribution in [2.45, 2.75) is 26.8 Å². The minimum Gasteiger partial charge on any atom is -0.370 e. The molecule has 0 aromatic carbocycles. The van der Waals surface area contributed by atoms with Crippen LogP contribution >= 0.6 is 0 Å². The van der Waals surface area contributed by atoms with Gasteiger partial charge in [-0.25, -0.2) is 4.98 Å². The van der Waals surface area contributed by atoms with Crippen LogP contribution in [0.5, 0.6) is 0 Å². The summed E-state index contributed by atoms with van der Waals surface area (Å²) in [5, 5.41) is 6.50. The highest BCUT2D eigenvalue weighted by Gasteiger charge is 2.01. The Bertz CT molecular complexity index is 512. The van der Waals surface area contributed by atoms with Gasteiger partial charge in [-0.2, -0.15) is 4.98 Å². The number of anilines is 2. The second-order valence-corrected chi connectivity index (χ2v) is 4.35. The van der Waals surface area contributed by atoms with Crippen molar-refractivity contribution < 1.29 is 0 Å². The highest BCUT2D eigenvalue weighted by Crippen LogP contribution is 2.10. The molecule has 19 heavy (non-hydrogen) atoms. The van der Waals surface area contributed by atoms with E-state index < -0.39 is 0 Å². The van der Waals surface area contributed by atoms with Gasteiger partial charge in [-0.05, 0) is 31.0 Å². The molecule has 2 N–H and O–H groups in total. The summed E-state index contributed by atoms with van der Waals surface area (Å²) < 4.78 is 0. The summed E-state index contributed by atoms with van der Waals surface area (Å²) in [5.74, 6) is 1.52. The maximum atomic E-state index is 4.44. The van der Waals surface area contributed by atoms with Crippen LogP contribution in [0.1, 0.15) is 24.6 Å². The van der Waals surface area contributed by atoms with Gasteiger partial charge in [0.05, 0.1) is 0 Å². The number of nitrogens with one attached hydrogen (secondary N) is 2. The number of hydrogen-bond donors (Lipinski definition) is 2. The van der Waals surface area contributed by atoms with E-state index in [2.05, 4.69) is 32.5 Å². The molecule has 0 amide bonds. The van der Waals surface area contributed by atoms with Crippen LogP contribution in [-0.4, -0.2) is 21.5 Å². The maximum Gasteiger partial charge on any atom is 0.225 e. The molecule has 0 radical (unpaired) electrons. The first-order chi connectivity index (χ1) is 9.28. The summed E-state index contributed by atoms with van der Waals surface area (Å²) in [5.41, 5.74) is 2.11. The summed E-state index contributed by atoms with van der Waals surface area (Å²) in [7, 11) is 0. The zero-order valence-electron chi connectivity index (χ0n) is 11.3. The molecule has 0 saturated carbocycles. The highest BCUT2D eigenvalue weighted by molar-refractivity contribution is 5.42. The lowest BCUT2D eigenvalue weighted by molar-refractivity contribution is 0.955. The van der Waals surface area contributed by atoms with E-state index in [1.807, 2.05) is 25.1 Å². The Morgan fingerprint density at radius 1 is 1.11 bits per heavy atom. The van der Waals surface area contributed by atoms with Gasteiger partial charge in [0.1, 0.15) is 5.82 Å². The second-order valence-electron chi connectivity index (χ2n) is 4.35. The first-order valence-electron chi connectivity index (χ1n) is 6.50. The molecule has 2 rings (SSSR count). The maximum absolute atomic E-state index is 4.44. The second kappa shape index (κ2) is 6.68. The van der Waals surface area contributed by atoms with E-state index in [0.29, 0.717) is 12.5 Å². The zero-order valence-corrected chi connectivity index (χ0v) is 11.3. The molecule has 0 fully saturated rings. The van der Waals surface area contributed by atoms with Crippen molar-refractivity contribution in [3.63, 3.8) is 0 Å². The molecule has 5 nitrogen and oxygen atoms in total. The lowest BCUT2D eigenvalue weighted by atomic mass is 10.3. The monoisotopic (exact) mass is 257 g/mol. The zero-order chi connectivity index (χ0) is 13.5. The summed E-state index contributed by atoms with van der Waals surface area (Å²) in [6, 6.07) is 5.89. The van der Waals surface area contributed by atoms with Gasteiger partial charge in [0, 0.05) is 37.2 Å². The van der Waals surface area contributed by atoms with Crippen LogP contribution in [0.2, 0.25) is 0 Å². The van der Waals surface area contributed by atoms with Gasteiger partial charge in [0.15, 0.2) is 0 Å². The van der Waals surface area contributed by atoms with Crippen LogP contribution in [0.25, 0.3) is 0 Å². The minimum absolute atomic E-state index is 0.649. The average molecular weight is 257 g/mol. The Labute approximate surface area is 113 Å². The van der Waals surface area contributed by atoms with E-state index >= 15 is 0 Å². The predicted octanol–water partition coefficient (Wildman–Crippen LogP) is 2.61. The Hall–Kier alpha value is -2.17. The standard InChI is InChI=1S/C14H19N5/c1-3-6-16-13-9-11(2)18-14(19-13)17-10-12-4-7-15-8-5-12/h4-5,7-9H,3,6,10H2,1-2H3,(H2,16,17,18,19). The van der Waals surface area contributed by atoms with E-state index in [4.69, 9.17) is 0 Å². The molecule has 0 atom stereocenters. The lowest BCUT2D eigenvalue weighted by Crippen LogP contribution is -2.08. The Morgan fingerprint density at radius 3 is 2.63 bits per heavy atom. The summed E-state index contributed by atoms with van der Waals surface area (Å²) in [6.07, 6.45) is 4.63. The SMILES string of the molecule is CCCNc1cc(C)nc(NCc2ccncc2)n1. The normalized spacial score (nSPS) is 10.2. The summed E-state index contributed by atoms with van der Waals surface area (Å²) in [4.78, 5) is 12.8. The molecular weight excluding hydrogens is 238 g/mol. The van der Waals surface area contributed by atoms with Gasteiger partial charge >= 0.3 is 0 Å². The average Bonchev–Trinajstić information content (AvgIpc) is 2.43. The first kappa shape index (κ1) is 13.3. The van der Waals surface area contributed by atoms with Crippen LogP contribution in [-0.2, 0) is 6.54 Å². The van der Waals surface area contributed by atoms with Gasteiger partial charge in [-0.15, -0.1) is 0 Å². The molecule has 0 unspecified atom stereocenters. The molecule has 100 valence electrons. The van der Waals surface area contributed by atoms with E-state index in [0.717, 1.165) is 30.0 Å². The van der Waals surface area contributed by atoms with Crippen molar-refractivity contribution in [2.75, 3.05) is 17.2 Å². The van der Waals surface area contributed by atoms with Crippen LogP contribution < -0.4 is 10.6 Å². The Kier molecular flexibility index (Phi) is 4.66. The minimum atomic E-state index is 0.649. The van der Waals surface area contributed by atoms with Gasteiger partial charge in [0.2, 0.25) is 5.95 Å². The van der Waals surface area contributed by atoms with Crippen molar-refractivity contribution >= 4 is 11.8 Å². The fourth-order valence-electron chi connectivity index (χ4n) is 1.67. The van der Waals surface area contributed by atoms with E-state index in [1.165, 1.54) is 0 Å². The lowest BCUT2D eigenvalue weighted by Gasteiger charge is -2.09. The van der Waals surface area contributed by atoms with Crippen molar-refractivity contribution in [3.8, 4) is 0 Å². The number of pyridine rings is 1. The van der Waals surface area contributed by atoms with E-state index in [9.17, 15) is 0 Å². The predicted molar refractivity (Wildman–Crippen MR) is 77.1 cm³/mol. The number of rotatable bonds is 6. The molecule has 0 saturated heterocycles. The molecule has 2 aromatic heterocycles. The molecule has 0 spiro atoms. The van der Waals surface area contributed by atoms with Crippen LogP contribution in [0.15, 0.2) is 30.6 Å².